The second-order valence-corrected chi connectivity index (χ2v) is 6.80. The van der Waals surface area contributed by atoms with Crippen molar-refractivity contribution in [3.8, 4) is 0 Å². The molecule has 2 fully saturated rings. The Morgan fingerprint density at radius 3 is 2.11 bits per heavy atom. The highest BCUT2D eigenvalue weighted by Gasteiger charge is 2.37. The van der Waals surface area contributed by atoms with E-state index in [4.69, 9.17) is 9.47 Å². The van der Waals surface area contributed by atoms with E-state index < -0.39 is 5.41 Å². The number of hydrogen-bond donors (Lipinski definition) is 0. The fourth-order valence-electron chi connectivity index (χ4n) is 3.39. The molecular weight excluding hydrogens is 240 g/mol. The lowest BCUT2D eigenvalue weighted by molar-refractivity contribution is -0.182. The van der Waals surface area contributed by atoms with E-state index in [-0.39, 0.29) is 12.8 Å². The largest absolute Gasteiger partial charge is 0.438 e. The Morgan fingerprint density at radius 2 is 1.63 bits per heavy atom. The van der Waals surface area contributed by atoms with E-state index in [1.54, 1.807) is 0 Å². The predicted molar refractivity (Wildman–Crippen MR) is 74.6 cm³/mol. The minimum absolute atomic E-state index is 0.139. The Kier molecular flexibility index (Phi) is 4.88. The summed E-state index contributed by atoms with van der Waals surface area (Å²) in [7, 11) is 0. The highest BCUT2D eigenvalue weighted by Crippen LogP contribution is 2.41. The van der Waals surface area contributed by atoms with Crippen molar-refractivity contribution in [2.75, 3.05) is 6.79 Å². The number of ether oxygens (including phenoxy) is 2. The van der Waals surface area contributed by atoms with Crippen LogP contribution in [0.2, 0.25) is 0 Å². The molecule has 0 aromatic rings. The zero-order valence-corrected chi connectivity index (χ0v) is 12.6. The van der Waals surface area contributed by atoms with Crippen molar-refractivity contribution in [2.45, 2.75) is 71.8 Å². The fraction of sp³-hybridized carbons (Fsp3) is 0.938. The van der Waals surface area contributed by atoms with E-state index in [0.717, 1.165) is 6.42 Å². The third kappa shape index (κ3) is 3.50. The van der Waals surface area contributed by atoms with Crippen molar-refractivity contribution in [3.63, 3.8) is 0 Å². The maximum atomic E-state index is 11.9. The molecule has 0 aliphatic heterocycles. The molecule has 3 nitrogen and oxygen atoms in total. The smallest absolute Gasteiger partial charge is 0.313 e. The third-order valence-electron chi connectivity index (χ3n) is 5.12. The number of fused-ring (bicyclic) bond motifs is 2. The summed E-state index contributed by atoms with van der Waals surface area (Å²) in [5.74, 6) is 1.26. The average molecular weight is 268 g/mol. The van der Waals surface area contributed by atoms with Crippen LogP contribution in [0.25, 0.3) is 0 Å². The molecule has 0 heterocycles. The van der Waals surface area contributed by atoms with Crippen LogP contribution in [0.3, 0.4) is 0 Å². The summed E-state index contributed by atoms with van der Waals surface area (Å²) in [6.45, 7) is 5.99. The van der Waals surface area contributed by atoms with Crippen LogP contribution >= 0.6 is 0 Å². The van der Waals surface area contributed by atoms with Crippen LogP contribution in [0.4, 0.5) is 0 Å². The minimum atomic E-state index is -0.397. The first-order valence-electron chi connectivity index (χ1n) is 7.83. The Hall–Kier alpha value is -0.570. The topological polar surface area (TPSA) is 35.5 Å². The number of hydrogen-bond acceptors (Lipinski definition) is 3. The van der Waals surface area contributed by atoms with Crippen LogP contribution in [0.15, 0.2) is 0 Å². The van der Waals surface area contributed by atoms with Gasteiger partial charge in [-0.05, 0) is 57.8 Å². The molecule has 0 saturated heterocycles. The first-order chi connectivity index (χ1) is 9.04. The normalized spacial score (nSPS) is 31.0. The van der Waals surface area contributed by atoms with Gasteiger partial charge >= 0.3 is 5.97 Å². The molecule has 0 spiro atoms. The van der Waals surface area contributed by atoms with E-state index in [2.05, 4.69) is 0 Å². The number of esters is 1. The van der Waals surface area contributed by atoms with E-state index in [9.17, 15) is 4.79 Å². The molecule has 0 amide bonds. The molecule has 0 aromatic heterocycles. The van der Waals surface area contributed by atoms with Crippen LogP contribution in [0, 0.1) is 17.3 Å². The Morgan fingerprint density at radius 1 is 1.11 bits per heavy atom. The molecule has 2 saturated carbocycles. The second kappa shape index (κ2) is 6.25. The molecule has 0 aromatic carbocycles. The van der Waals surface area contributed by atoms with Crippen molar-refractivity contribution in [2.24, 2.45) is 17.3 Å². The molecule has 19 heavy (non-hydrogen) atoms. The van der Waals surface area contributed by atoms with Gasteiger partial charge in [0.05, 0.1) is 11.5 Å². The molecule has 3 heteroatoms. The van der Waals surface area contributed by atoms with Crippen LogP contribution in [0.1, 0.15) is 65.7 Å². The summed E-state index contributed by atoms with van der Waals surface area (Å²) in [6, 6.07) is 0. The average Bonchev–Trinajstić information content (AvgIpc) is 2.38. The molecule has 2 aliphatic rings. The van der Waals surface area contributed by atoms with Crippen LogP contribution < -0.4 is 0 Å². The first-order valence-corrected chi connectivity index (χ1v) is 7.83. The van der Waals surface area contributed by atoms with Crippen molar-refractivity contribution in [3.05, 3.63) is 0 Å². The molecule has 110 valence electrons. The summed E-state index contributed by atoms with van der Waals surface area (Å²) in [6.07, 6.45) is 8.96. The van der Waals surface area contributed by atoms with Crippen molar-refractivity contribution < 1.29 is 14.3 Å². The van der Waals surface area contributed by atoms with Gasteiger partial charge in [0.1, 0.15) is 0 Å². The van der Waals surface area contributed by atoms with E-state index in [1.807, 2.05) is 20.8 Å². The monoisotopic (exact) mass is 268 g/mol. The van der Waals surface area contributed by atoms with Gasteiger partial charge < -0.3 is 9.47 Å². The quantitative estimate of drug-likeness (QED) is 0.560. The van der Waals surface area contributed by atoms with Crippen molar-refractivity contribution in [1.82, 2.24) is 0 Å². The number of carbonyl (C=O) groups is 1. The van der Waals surface area contributed by atoms with Gasteiger partial charge in [0.25, 0.3) is 0 Å². The molecule has 2 rings (SSSR count). The highest BCUT2D eigenvalue weighted by molar-refractivity contribution is 5.75. The maximum absolute atomic E-state index is 11.9. The SMILES string of the molecule is CCC(C)(C)C(=O)OCOC1C2CCCC1CCC2. The molecule has 0 atom stereocenters. The van der Waals surface area contributed by atoms with Gasteiger partial charge in [-0.25, -0.2) is 0 Å². The molecule has 0 unspecified atom stereocenters. The van der Waals surface area contributed by atoms with E-state index >= 15 is 0 Å². The van der Waals surface area contributed by atoms with Crippen molar-refractivity contribution >= 4 is 5.97 Å². The zero-order valence-electron chi connectivity index (χ0n) is 12.6. The van der Waals surface area contributed by atoms with Gasteiger partial charge in [-0.2, -0.15) is 0 Å². The van der Waals surface area contributed by atoms with Gasteiger partial charge in [-0.1, -0.05) is 19.8 Å². The zero-order chi connectivity index (χ0) is 13.9. The van der Waals surface area contributed by atoms with Crippen LogP contribution in [-0.2, 0) is 14.3 Å². The van der Waals surface area contributed by atoms with E-state index in [1.165, 1.54) is 38.5 Å². The van der Waals surface area contributed by atoms with Crippen LogP contribution in [-0.4, -0.2) is 18.9 Å². The van der Waals surface area contributed by atoms with Crippen LogP contribution in [0.5, 0.6) is 0 Å². The van der Waals surface area contributed by atoms with Gasteiger partial charge in [-0.3, -0.25) is 4.79 Å². The van der Waals surface area contributed by atoms with Crippen molar-refractivity contribution in [1.29, 1.82) is 0 Å². The molecular formula is C16H28O3. The lowest BCUT2D eigenvalue weighted by atomic mass is 9.70. The first kappa shape index (κ1) is 14.8. The summed E-state index contributed by atoms with van der Waals surface area (Å²) in [5, 5.41) is 0. The Labute approximate surface area is 117 Å². The summed E-state index contributed by atoms with van der Waals surface area (Å²) >= 11 is 0. The lowest BCUT2D eigenvalue weighted by Gasteiger charge is -2.42. The summed E-state index contributed by atoms with van der Waals surface area (Å²) in [5.41, 5.74) is -0.397. The fourth-order valence-corrected chi connectivity index (χ4v) is 3.39. The number of carbonyl (C=O) groups excluding carboxylic acids is 1. The predicted octanol–water partition coefficient (Wildman–Crippen LogP) is 3.91. The lowest BCUT2D eigenvalue weighted by Crippen LogP contribution is -2.40. The second-order valence-electron chi connectivity index (χ2n) is 6.80. The van der Waals surface area contributed by atoms with E-state index in [0.29, 0.717) is 17.9 Å². The Bertz CT molecular complexity index is 289. The highest BCUT2D eigenvalue weighted by atomic mass is 16.7. The standard InChI is InChI=1S/C16H28O3/c1-4-16(2,3)15(17)19-11-18-14-12-7-5-8-13(14)10-6-9-12/h12-14H,4-11H2,1-3H3. The summed E-state index contributed by atoms with van der Waals surface area (Å²) < 4.78 is 11.2. The Balaban J connectivity index is 1.78. The molecule has 0 N–H and O–H groups in total. The van der Waals surface area contributed by atoms with Gasteiger partial charge in [-0.15, -0.1) is 0 Å². The molecule has 0 radical (unpaired) electrons. The molecule has 2 bridgehead atoms. The molecule has 2 aliphatic carbocycles. The minimum Gasteiger partial charge on any atom is -0.438 e. The number of rotatable bonds is 5. The van der Waals surface area contributed by atoms with Gasteiger partial charge in [0.2, 0.25) is 0 Å². The van der Waals surface area contributed by atoms with Gasteiger partial charge in [0.15, 0.2) is 6.79 Å². The maximum Gasteiger partial charge on any atom is 0.313 e. The third-order valence-corrected chi connectivity index (χ3v) is 5.12. The van der Waals surface area contributed by atoms with Gasteiger partial charge in [0, 0.05) is 0 Å². The summed E-state index contributed by atoms with van der Waals surface area (Å²) in [4.78, 5) is 11.9.